The number of rotatable bonds is 14. The third-order valence-electron chi connectivity index (χ3n) is 8.03. The standard InChI is InChI=1S/C34H35ClF5N3O6/c1-47-33(46)43-32(31(20-5-7-22(35)8-6-20)26-12-14-41-17-28(26)37)29(44)15-21-3-2-4-27(36)25(21)10-9-24-16-42-23(18-48-24)19-49-30(45)11-13-34(38,39)40/h2-8,12,14,17,23-24,31-32,42H,9-11,13,15-16,18-19H2,1H3,(H,43,46)/t23-,24+,31-,32+/m0/s1. The monoisotopic (exact) mass is 711 g/mol. The molecule has 1 aromatic heterocycles. The Morgan fingerprint density at radius 2 is 1.86 bits per heavy atom. The van der Waals surface area contributed by atoms with Crippen molar-refractivity contribution in [3.8, 4) is 0 Å². The maximum atomic E-state index is 15.2. The summed E-state index contributed by atoms with van der Waals surface area (Å²) in [5, 5.41) is 6.07. The number of aromatic nitrogens is 1. The van der Waals surface area contributed by atoms with E-state index >= 15 is 8.78 Å². The number of hydrogen-bond donors (Lipinski definition) is 2. The van der Waals surface area contributed by atoms with Crippen molar-refractivity contribution in [2.45, 2.75) is 62.4 Å². The van der Waals surface area contributed by atoms with Gasteiger partial charge in [0.25, 0.3) is 0 Å². The van der Waals surface area contributed by atoms with Crippen molar-refractivity contribution in [3.05, 3.63) is 99.8 Å². The second kappa shape index (κ2) is 17.5. The van der Waals surface area contributed by atoms with Crippen molar-refractivity contribution in [1.29, 1.82) is 0 Å². The molecule has 4 rings (SSSR count). The van der Waals surface area contributed by atoms with Crippen molar-refractivity contribution in [3.63, 3.8) is 0 Å². The molecule has 0 spiro atoms. The van der Waals surface area contributed by atoms with Crippen LogP contribution in [0.2, 0.25) is 5.02 Å². The fraction of sp³-hybridized carbons (Fsp3) is 0.412. The molecule has 1 amide bonds. The van der Waals surface area contributed by atoms with Crippen molar-refractivity contribution in [2.24, 2.45) is 0 Å². The first-order valence-electron chi connectivity index (χ1n) is 15.4. The largest absolute Gasteiger partial charge is 0.464 e. The Bertz CT molecular complexity index is 1590. The predicted molar refractivity (Wildman–Crippen MR) is 168 cm³/mol. The van der Waals surface area contributed by atoms with E-state index in [2.05, 4.69) is 15.6 Å². The van der Waals surface area contributed by atoms with E-state index in [1.165, 1.54) is 24.4 Å². The van der Waals surface area contributed by atoms with E-state index in [0.29, 0.717) is 29.1 Å². The lowest BCUT2D eigenvalue weighted by atomic mass is 9.81. The molecule has 2 heterocycles. The van der Waals surface area contributed by atoms with Gasteiger partial charge in [0.15, 0.2) is 5.78 Å². The number of esters is 1. The highest BCUT2D eigenvalue weighted by Gasteiger charge is 2.35. The van der Waals surface area contributed by atoms with Crippen LogP contribution in [0.3, 0.4) is 0 Å². The van der Waals surface area contributed by atoms with Crippen LogP contribution in [0.1, 0.15) is 47.4 Å². The molecule has 1 saturated heterocycles. The summed E-state index contributed by atoms with van der Waals surface area (Å²) in [6, 6.07) is 10.3. The topological polar surface area (TPSA) is 116 Å². The Morgan fingerprint density at radius 1 is 1.10 bits per heavy atom. The van der Waals surface area contributed by atoms with Crippen LogP contribution >= 0.6 is 11.6 Å². The maximum Gasteiger partial charge on any atom is 0.407 e. The Hall–Kier alpha value is -4.14. The zero-order valence-corrected chi connectivity index (χ0v) is 27.2. The normalized spacial score (nSPS) is 17.5. The Labute approximate surface area is 284 Å². The summed E-state index contributed by atoms with van der Waals surface area (Å²) in [4.78, 5) is 42.0. The highest BCUT2D eigenvalue weighted by atomic mass is 35.5. The van der Waals surface area contributed by atoms with E-state index in [-0.39, 0.29) is 43.3 Å². The molecule has 0 radical (unpaired) electrons. The van der Waals surface area contributed by atoms with Crippen LogP contribution in [-0.4, -0.2) is 74.1 Å². The van der Waals surface area contributed by atoms with Crippen LogP contribution in [0.5, 0.6) is 0 Å². The number of methoxy groups -OCH3 is 1. The van der Waals surface area contributed by atoms with Crippen LogP contribution in [0.4, 0.5) is 26.7 Å². The molecule has 0 bridgehead atoms. The highest BCUT2D eigenvalue weighted by Crippen LogP contribution is 2.32. The summed E-state index contributed by atoms with van der Waals surface area (Å²) in [5.74, 6) is -3.79. The van der Waals surface area contributed by atoms with Gasteiger partial charge in [-0.25, -0.2) is 13.6 Å². The number of carbonyl (C=O) groups is 3. The molecule has 1 aliphatic heterocycles. The molecule has 0 aliphatic carbocycles. The molecule has 0 unspecified atom stereocenters. The van der Waals surface area contributed by atoms with Gasteiger partial charge in [0, 0.05) is 35.7 Å². The van der Waals surface area contributed by atoms with Crippen LogP contribution in [-0.2, 0) is 36.6 Å². The summed E-state index contributed by atoms with van der Waals surface area (Å²) in [6.45, 7) is 0.251. The highest BCUT2D eigenvalue weighted by molar-refractivity contribution is 6.30. The number of amides is 1. The van der Waals surface area contributed by atoms with Crippen LogP contribution in [0.15, 0.2) is 60.9 Å². The van der Waals surface area contributed by atoms with Gasteiger partial charge in [-0.05, 0) is 53.8 Å². The molecule has 2 N–H and O–H groups in total. The lowest BCUT2D eigenvalue weighted by Crippen LogP contribution is -2.49. The smallest absolute Gasteiger partial charge is 0.407 e. The van der Waals surface area contributed by atoms with Gasteiger partial charge >= 0.3 is 18.2 Å². The van der Waals surface area contributed by atoms with E-state index in [0.717, 1.165) is 13.3 Å². The van der Waals surface area contributed by atoms with Crippen LogP contribution < -0.4 is 10.6 Å². The number of ketones is 1. The van der Waals surface area contributed by atoms with Gasteiger partial charge in [0.05, 0.1) is 44.9 Å². The third-order valence-corrected chi connectivity index (χ3v) is 8.28. The van der Waals surface area contributed by atoms with E-state index in [4.69, 9.17) is 25.8 Å². The van der Waals surface area contributed by atoms with Crippen LogP contribution in [0.25, 0.3) is 0 Å². The number of carbonyl (C=O) groups excluding carboxylic acids is 3. The molecule has 15 heteroatoms. The summed E-state index contributed by atoms with van der Waals surface area (Å²) in [7, 11) is 1.13. The average Bonchev–Trinajstić information content (AvgIpc) is 3.07. The number of halogens is 6. The number of alkyl halides is 3. The van der Waals surface area contributed by atoms with Crippen molar-refractivity contribution in [1.82, 2.24) is 15.6 Å². The lowest BCUT2D eigenvalue weighted by molar-refractivity contribution is -0.158. The molecular weight excluding hydrogens is 677 g/mol. The van der Waals surface area contributed by atoms with E-state index in [1.54, 1.807) is 30.3 Å². The number of morpholine rings is 1. The number of ether oxygens (including phenoxy) is 3. The van der Waals surface area contributed by atoms with Gasteiger partial charge < -0.3 is 24.8 Å². The van der Waals surface area contributed by atoms with E-state index < -0.39 is 66.5 Å². The molecule has 49 heavy (non-hydrogen) atoms. The minimum Gasteiger partial charge on any atom is -0.464 e. The molecule has 1 fully saturated rings. The molecule has 9 nitrogen and oxygen atoms in total. The number of nitrogens with one attached hydrogen (secondary N) is 2. The van der Waals surface area contributed by atoms with Gasteiger partial charge in [-0.1, -0.05) is 35.9 Å². The molecule has 3 aromatic rings. The number of alkyl carbamates (subject to hydrolysis) is 1. The summed E-state index contributed by atoms with van der Waals surface area (Å²) in [5.41, 5.74) is 1.18. The van der Waals surface area contributed by atoms with Gasteiger partial charge in [-0.3, -0.25) is 14.6 Å². The van der Waals surface area contributed by atoms with Gasteiger partial charge in [0.2, 0.25) is 0 Å². The predicted octanol–water partition coefficient (Wildman–Crippen LogP) is 5.86. The van der Waals surface area contributed by atoms with Crippen molar-refractivity contribution < 1.29 is 50.5 Å². The van der Waals surface area contributed by atoms with E-state index in [9.17, 15) is 27.6 Å². The average molecular weight is 712 g/mol. The quantitative estimate of drug-likeness (QED) is 0.158. The van der Waals surface area contributed by atoms with Crippen LogP contribution in [0, 0.1) is 11.6 Å². The lowest BCUT2D eigenvalue weighted by Gasteiger charge is -2.30. The number of pyridine rings is 1. The second-order valence-electron chi connectivity index (χ2n) is 11.5. The zero-order valence-electron chi connectivity index (χ0n) is 26.4. The maximum absolute atomic E-state index is 15.2. The second-order valence-corrected chi connectivity index (χ2v) is 11.9. The van der Waals surface area contributed by atoms with Crippen molar-refractivity contribution >= 4 is 29.4 Å². The first-order valence-corrected chi connectivity index (χ1v) is 15.8. The number of benzene rings is 2. The van der Waals surface area contributed by atoms with Gasteiger partial charge in [0.1, 0.15) is 24.3 Å². The van der Waals surface area contributed by atoms with Gasteiger partial charge in [-0.2, -0.15) is 13.2 Å². The Morgan fingerprint density at radius 3 is 2.51 bits per heavy atom. The molecule has 264 valence electrons. The number of Topliss-reactive ketones (excluding diaryl/α,β-unsaturated/α-hetero) is 1. The first kappa shape index (κ1) is 37.7. The minimum atomic E-state index is -4.45. The minimum absolute atomic E-state index is 0.0860. The van der Waals surface area contributed by atoms with Gasteiger partial charge in [-0.15, -0.1) is 0 Å². The van der Waals surface area contributed by atoms with Crippen molar-refractivity contribution in [2.75, 3.05) is 26.9 Å². The summed E-state index contributed by atoms with van der Waals surface area (Å²) in [6.07, 6.45) is -5.23. The van der Waals surface area contributed by atoms with E-state index in [1.807, 2.05) is 0 Å². The fourth-order valence-electron chi connectivity index (χ4n) is 5.52. The molecule has 4 atom stereocenters. The third kappa shape index (κ3) is 11.2. The SMILES string of the molecule is COC(=O)N[C@H](C(=O)Cc1cccc(F)c1CC[C@@H]1CN[C@H](COC(=O)CCC(F)(F)F)CO1)[C@@H](c1ccc(Cl)cc1)c1ccncc1F. The molecule has 2 aromatic carbocycles. The molecule has 0 saturated carbocycles. The fourth-order valence-corrected chi connectivity index (χ4v) is 5.64. The Balaban J connectivity index is 1.45. The summed E-state index contributed by atoms with van der Waals surface area (Å²) < 4.78 is 82.9. The molecule has 1 aliphatic rings. The number of hydrogen-bond acceptors (Lipinski definition) is 8. The first-order chi connectivity index (χ1) is 23.3. The Kier molecular flexibility index (Phi) is 13.5. The number of nitrogens with zero attached hydrogens (tertiary/aromatic N) is 1. The molecular formula is C34H35ClF5N3O6. The zero-order chi connectivity index (χ0) is 35.6. The summed E-state index contributed by atoms with van der Waals surface area (Å²) >= 11 is 6.09.